The second-order valence-corrected chi connectivity index (χ2v) is 5.59. The van der Waals surface area contributed by atoms with Crippen molar-refractivity contribution in [1.82, 2.24) is 9.97 Å². The maximum absolute atomic E-state index is 14.0. The maximum Gasteiger partial charge on any atom is 0.257 e. The number of benzene rings is 1. The highest BCUT2D eigenvalue weighted by Gasteiger charge is 2.30. The third-order valence-electron chi connectivity index (χ3n) is 2.96. The van der Waals surface area contributed by atoms with Crippen LogP contribution in [-0.2, 0) is 4.79 Å². The number of aliphatic hydroxyl groups is 1. The lowest BCUT2D eigenvalue weighted by Gasteiger charge is -2.06. The minimum Gasteiger partial charge on any atom is -0.378 e. The molecule has 8 heteroatoms. The van der Waals surface area contributed by atoms with Crippen molar-refractivity contribution in [3.05, 3.63) is 45.6 Å². The van der Waals surface area contributed by atoms with Crippen LogP contribution >= 0.6 is 11.8 Å². The van der Waals surface area contributed by atoms with Crippen molar-refractivity contribution in [1.29, 1.82) is 0 Å². The number of aliphatic hydroxyl groups excluding tert-OH is 1. The molecule has 1 atom stereocenters. The minimum atomic E-state index is -1.36. The van der Waals surface area contributed by atoms with Crippen molar-refractivity contribution < 1.29 is 14.3 Å². The first-order valence-electron chi connectivity index (χ1n) is 6.02. The van der Waals surface area contributed by atoms with Crippen LogP contribution in [0.1, 0.15) is 17.4 Å². The van der Waals surface area contributed by atoms with E-state index in [9.17, 15) is 19.1 Å². The number of amides is 1. The molecule has 1 aliphatic rings. The summed E-state index contributed by atoms with van der Waals surface area (Å²) >= 11 is 0.936. The largest absolute Gasteiger partial charge is 0.378 e. The molecule has 3 N–H and O–H groups in total. The number of rotatable bonds is 2. The second kappa shape index (κ2) is 4.97. The Morgan fingerprint density at radius 1 is 1.33 bits per heavy atom. The summed E-state index contributed by atoms with van der Waals surface area (Å²) in [5.41, 5.74) is 0.751. The summed E-state index contributed by atoms with van der Waals surface area (Å²) in [4.78, 5) is 29.5. The quantitative estimate of drug-likeness (QED) is 0.728. The van der Waals surface area contributed by atoms with Gasteiger partial charge in [0, 0.05) is 23.0 Å². The van der Waals surface area contributed by atoms with Gasteiger partial charge in [-0.2, -0.15) is 0 Å². The molecular weight excluding hydrogens is 297 g/mol. The van der Waals surface area contributed by atoms with Gasteiger partial charge in [0.25, 0.3) is 11.5 Å². The van der Waals surface area contributed by atoms with Crippen molar-refractivity contribution in [3.8, 4) is 0 Å². The number of halogens is 1. The highest BCUT2D eigenvalue weighted by atomic mass is 32.2. The minimum absolute atomic E-state index is 0.192. The predicted octanol–water partition coefficient (Wildman–Crippen LogP) is 1.35. The number of nitrogens with zero attached hydrogens (tertiary/aromatic N) is 1. The van der Waals surface area contributed by atoms with E-state index in [1.807, 2.05) is 0 Å². The van der Waals surface area contributed by atoms with Gasteiger partial charge in [-0.1, -0.05) is 0 Å². The molecule has 0 aliphatic carbocycles. The fourth-order valence-corrected chi connectivity index (χ4v) is 2.91. The van der Waals surface area contributed by atoms with E-state index in [0.717, 1.165) is 17.8 Å². The number of carbonyl (C=O) groups excluding carboxylic acids is 1. The van der Waals surface area contributed by atoms with E-state index in [1.165, 1.54) is 12.1 Å². The Balaban J connectivity index is 1.99. The van der Waals surface area contributed by atoms with E-state index in [4.69, 9.17) is 0 Å². The molecule has 1 aliphatic heterocycles. The van der Waals surface area contributed by atoms with Gasteiger partial charge in [0.1, 0.15) is 5.82 Å². The number of aromatic nitrogens is 2. The molecule has 1 unspecified atom stereocenters. The zero-order valence-electron chi connectivity index (χ0n) is 10.8. The summed E-state index contributed by atoms with van der Waals surface area (Å²) in [7, 11) is 0. The Morgan fingerprint density at radius 3 is 2.81 bits per heavy atom. The molecule has 6 nitrogen and oxygen atoms in total. The molecule has 0 saturated heterocycles. The predicted molar refractivity (Wildman–Crippen MR) is 73.7 cm³/mol. The molecule has 0 fully saturated rings. The van der Waals surface area contributed by atoms with E-state index in [1.54, 1.807) is 6.92 Å². The van der Waals surface area contributed by atoms with Gasteiger partial charge in [0.15, 0.2) is 11.3 Å². The van der Waals surface area contributed by atoms with Crippen molar-refractivity contribution in [2.45, 2.75) is 23.1 Å². The van der Waals surface area contributed by atoms with E-state index in [0.29, 0.717) is 11.4 Å². The number of nitrogens with one attached hydrogen (secondary N) is 2. The molecule has 0 bridgehead atoms. The molecule has 0 spiro atoms. The Morgan fingerprint density at radius 2 is 2.10 bits per heavy atom. The first-order chi connectivity index (χ1) is 9.94. The van der Waals surface area contributed by atoms with Crippen LogP contribution in [0.15, 0.2) is 33.0 Å². The zero-order valence-corrected chi connectivity index (χ0v) is 11.6. The summed E-state index contributed by atoms with van der Waals surface area (Å²) in [5, 5.41) is 12.3. The third-order valence-corrected chi connectivity index (χ3v) is 3.88. The van der Waals surface area contributed by atoms with Gasteiger partial charge in [-0.3, -0.25) is 9.59 Å². The Kier molecular flexibility index (Phi) is 3.26. The third kappa shape index (κ3) is 2.55. The van der Waals surface area contributed by atoms with Gasteiger partial charge in [0.05, 0.1) is 4.90 Å². The molecule has 108 valence electrons. The molecule has 2 aromatic rings. The summed E-state index contributed by atoms with van der Waals surface area (Å²) in [6.45, 7) is 1.66. The molecule has 1 aromatic carbocycles. The van der Waals surface area contributed by atoms with E-state index < -0.39 is 17.8 Å². The molecule has 2 heterocycles. The Labute approximate surface area is 122 Å². The average Bonchev–Trinajstić information content (AvgIpc) is 2.65. The van der Waals surface area contributed by atoms with E-state index >= 15 is 0 Å². The van der Waals surface area contributed by atoms with Crippen LogP contribution < -0.4 is 10.9 Å². The molecule has 0 radical (unpaired) electrons. The number of aromatic amines is 1. The number of hydrogen-bond donors (Lipinski definition) is 3. The van der Waals surface area contributed by atoms with Gasteiger partial charge in [0.2, 0.25) is 0 Å². The molecule has 1 amide bonds. The van der Waals surface area contributed by atoms with Crippen LogP contribution in [-0.4, -0.2) is 21.0 Å². The second-order valence-electron chi connectivity index (χ2n) is 4.56. The molecular formula is C13H10FN3O3S. The van der Waals surface area contributed by atoms with Crippen LogP contribution in [0.2, 0.25) is 0 Å². The summed E-state index contributed by atoms with van der Waals surface area (Å²) in [6.07, 6.45) is -1.36. The SMILES string of the molecule is Cc1cc(=O)[nH]c(Sc2cc3c(cc2F)C(O)C(=O)N3)n1. The summed E-state index contributed by atoms with van der Waals surface area (Å²) < 4.78 is 14.0. The number of hydrogen-bond acceptors (Lipinski definition) is 5. The van der Waals surface area contributed by atoms with Crippen molar-refractivity contribution in [2.24, 2.45) is 0 Å². The number of carbonyl (C=O) groups is 1. The van der Waals surface area contributed by atoms with Crippen LogP contribution in [0, 0.1) is 12.7 Å². The van der Waals surface area contributed by atoms with Gasteiger partial charge in [-0.05, 0) is 30.8 Å². The molecule has 1 aromatic heterocycles. The van der Waals surface area contributed by atoms with Gasteiger partial charge >= 0.3 is 0 Å². The Hall–Kier alpha value is -2.19. The number of fused-ring (bicyclic) bond motifs is 1. The highest BCUT2D eigenvalue weighted by Crippen LogP contribution is 2.37. The summed E-state index contributed by atoms with van der Waals surface area (Å²) in [5.74, 6) is -1.19. The van der Waals surface area contributed by atoms with Crippen LogP contribution in [0.4, 0.5) is 10.1 Å². The zero-order chi connectivity index (χ0) is 15.1. The first kappa shape index (κ1) is 13.8. The fourth-order valence-electron chi connectivity index (χ4n) is 2.03. The van der Waals surface area contributed by atoms with E-state index in [-0.39, 0.29) is 21.2 Å². The van der Waals surface area contributed by atoms with Crippen molar-refractivity contribution >= 4 is 23.4 Å². The van der Waals surface area contributed by atoms with Gasteiger partial charge in [-0.25, -0.2) is 9.37 Å². The molecule has 0 saturated carbocycles. The van der Waals surface area contributed by atoms with E-state index in [2.05, 4.69) is 15.3 Å². The lowest BCUT2D eigenvalue weighted by atomic mass is 10.1. The lowest BCUT2D eigenvalue weighted by molar-refractivity contribution is -0.123. The highest BCUT2D eigenvalue weighted by molar-refractivity contribution is 7.99. The smallest absolute Gasteiger partial charge is 0.257 e. The maximum atomic E-state index is 14.0. The van der Waals surface area contributed by atoms with Gasteiger partial charge < -0.3 is 15.4 Å². The average molecular weight is 307 g/mol. The Bertz CT molecular complexity index is 806. The summed E-state index contributed by atoms with van der Waals surface area (Å²) in [6, 6.07) is 3.85. The topological polar surface area (TPSA) is 95.1 Å². The number of anilines is 1. The van der Waals surface area contributed by atoms with Crippen LogP contribution in [0.3, 0.4) is 0 Å². The van der Waals surface area contributed by atoms with Gasteiger partial charge in [-0.15, -0.1) is 0 Å². The number of aryl methyl sites for hydroxylation is 1. The number of H-pyrrole nitrogens is 1. The van der Waals surface area contributed by atoms with Crippen molar-refractivity contribution in [2.75, 3.05) is 5.32 Å². The molecule has 21 heavy (non-hydrogen) atoms. The first-order valence-corrected chi connectivity index (χ1v) is 6.84. The monoisotopic (exact) mass is 307 g/mol. The van der Waals surface area contributed by atoms with Crippen LogP contribution in [0.5, 0.6) is 0 Å². The fraction of sp³-hybridized carbons (Fsp3) is 0.154. The van der Waals surface area contributed by atoms with Crippen LogP contribution in [0.25, 0.3) is 0 Å². The standard InChI is InChI=1S/C13H10FN3O3S/c1-5-2-10(18)17-13(15-5)21-9-4-8-6(3-7(9)14)11(19)12(20)16-8/h2-4,11,19H,1H3,(H,16,20)(H,15,17,18). The van der Waals surface area contributed by atoms with Crippen molar-refractivity contribution in [3.63, 3.8) is 0 Å². The molecule has 3 rings (SSSR count). The lowest BCUT2D eigenvalue weighted by Crippen LogP contribution is -2.10. The normalized spacial score (nSPS) is 16.7.